The Labute approximate surface area is 247 Å². The molecule has 3 heteroatoms. The first-order chi connectivity index (χ1) is 17.2. The standard InChI is InChI=1S/C21H19.C13H10.2ClH.Zr/c1-2-6-15-11-12-17(13-15)19-9-5-10-20-18-8-4-3-7-16(18)14-21(19)20;1-3-7-12(8-4-1)11-13-9-5-2-6-10-13;;;/h3-5,7-11,13-14H,2,6,12H2,1H3;1-10H;2*1H;/q-1;;;;+2/p-2. The maximum absolute atomic E-state index is 2.40. The van der Waals surface area contributed by atoms with Crippen LogP contribution in [0.5, 0.6) is 0 Å². The fraction of sp³-hybridized carbons (Fsp3) is 0.118. The molecular weight excluding hydrogens is 571 g/mol. The van der Waals surface area contributed by atoms with Crippen LogP contribution in [0.1, 0.15) is 42.9 Å². The van der Waals surface area contributed by atoms with Crippen molar-refractivity contribution < 1.29 is 49.0 Å². The third kappa shape index (κ3) is 6.72. The molecule has 0 N–H and O–H groups in total. The second-order valence-corrected chi connectivity index (χ2v) is 10.2. The summed E-state index contributed by atoms with van der Waals surface area (Å²) in [6.07, 6.45) is 8.29. The topological polar surface area (TPSA) is 0 Å². The van der Waals surface area contributed by atoms with E-state index in [4.69, 9.17) is 0 Å². The van der Waals surface area contributed by atoms with Gasteiger partial charge in [-0.3, -0.25) is 0 Å². The molecule has 1 aliphatic rings. The van der Waals surface area contributed by atoms with Gasteiger partial charge in [0.1, 0.15) is 0 Å². The summed E-state index contributed by atoms with van der Waals surface area (Å²) in [5, 5.41) is 5.50. The second-order valence-electron chi connectivity index (χ2n) is 9.01. The van der Waals surface area contributed by atoms with Gasteiger partial charge in [0.15, 0.2) is 0 Å². The van der Waals surface area contributed by atoms with E-state index in [0.717, 1.165) is 6.42 Å². The number of fused-ring (bicyclic) bond motifs is 3. The van der Waals surface area contributed by atoms with Crippen LogP contribution in [0.2, 0.25) is 0 Å². The van der Waals surface area contributed by atoms with Crippen LogP contribution in [0.25, 0.3) is 27.1 Å². The molecule has 0 saturated heterocycles. The first kappa shape index (κ1) is 29.1. The molecule has 0 radical (unpaired) electrons. The van der Waals surface area contributed by atoms with Gasteiger partial charge in [-0.2, -0.15) is 0 Å². The number of hydrogen-bond acceptors (Lipinski definition) is 0. The molecule has 0 aliphatic heterocycles. The Balaban J connectivity index is 0.000000210. The summed E-state index contributed by atoms with van der Waals surface area (Å²) >= 11 is 1.46. The van der Waals surface area contributed by atoms with Gasteiger partial charge in [-0.15, -0.1) is 33.7 Å². The Morgan fingerprint density at radius 1 is 0.730 bits per heavy atom. The second kappa shape index (κ2) is 13.9. The fourth-order valence-corrected chi connectivity index (χ4v) is 5.69. The van der Waals surface area contributed by atoms with Crippen LogP contribution >= 0.6 is 0 Å². The van der Waals surface area contributed by atoms with Crippen LogP contribution in [-0.2, 0) is 24.2 Å². The van der Waals surface area contributed by atoms with Crippen molar-refractivity contribution in [2.24, 2.45) is 0 Å². The summed E-state index contributed by atoms with van der Waals surface area (Å²) in [5.41, 5.74) is 7.04. The summed E-state index contributed by atoms with van der Waals surface area (Å²) in [6.45, 7) is 2.25. The average Bonchev–Trinajstić information content (AvgIpc) is 3.54. The van der Waals surface area contributed by atoms with Crippen molar-refractivity contribution in [1.82, 2.24) is 0 Å². The molecule has 184 valence electrons. The summed E-state index contributed by atoms with van der Waals surface area (Å²) in [5.74, 6) is 0. The predicted octanol–water partition coefficient (Wildman–Crippen LogP) is 3.04. The zero-order valence-corrected chi connectivity index (χ0v) is 24.9. The predicted molar refractivity (Wildman–Crippen MR) is 149 cm³/mol. The monoisotopic (exact) mass is 597 g/mol. The maximum atomic E-state index is 2.40. The van der Waals surface area contributed by atoms with Gasteiger partial charge in [0.25, 0.3) is 0 Å². The van der Waals surface area contributed by atoms with Gasteiger partial charge in [0.2, 0.25) is 0 Å². The van der Waals surface area contributed by atoms with E-state index in [0.29, 0.717) is 0 Å². The Kier molecular flexibility index (Phi) is 11.0. The molecule has 0 nitrogen and oxygen atoms in total. The molecule has 0 amide bonds. The molecule has 6 rings (SSSR count). The van der Waals surface area contributed by atoms with E-state index in [1.807, 2.05) is 0 Å². The van der Waals surface area contributed by atoms with Crippen molar-refractivity contribution in [3.8, 4) is 0 Å². The summed E-state index contributed by atoms with van der Waals surface area (Å²) in [4.78, 5) is 0. The first-order valence-electron chi connectivity index (χ1n) is 12.4. The molecule has 0 aromatic heterocycles. The van der Waals surface area contributed by atoms with E-state index in [1.54, 1.807) is 0 Å². The molecular formula is C34H29Cl2Zr-. The van der Waals surface area contributed by atoms with Crippen LogP contribution in [0.15, 0.2) is 127 Å². The SMILES string of the molecule is CCCC1=CCC(c2cccc3c2[cH-]c2ccccc23)=C1.[Cl-].[Cl-].[Zr+2]=[C](c1ccccc1)c1ccccc1. The number of rotatable bonds is 5. The quantitative estimate of drug-likeness (QED) is 0.273. The van der Waals surface area contributed by atoms with E-state index >= 15 is 0 Å². The van der Waals surface area contributed by atoms with Gasteiger partial charge in [-0.25, -0.2) is 0 Å². The van der Waals surface area contributed by atoms with Gasteiger partial charge in [-0.05, 0) is 12.8 Å². The molecule has 5 aromatic carbocycles. The third-order valence-corrected chi connectivity index (χ3v) is 8.03. The number of allylic oxidation sites excluding steroid dienone is 4. The van der Waals surface area contributed by atoms with E-state index in [2.05, 4.69) is 128 Å². The van der Waals surface area contributed by atoms with Gasteiger partial charge >= 0.3 is 99.2 Å². The van der Waals surface area contributed by atoms with Crippen LogP contribution in [0.4, 0.5) is 0 Å². The van der Waals surface area contributed by atoms with E-state index < -0.39 is 0 Å². The normalized spacial score (nSPS) is 12.1. The van der Waals surface area contributed by atoms with Crippen molar-refractivity contribution in [3.63, 3.8) is 0 Å². The minimum atomic E-state index is 0. The number of benzene rings is 4. The zero-order valence-electron chi connectivity index (χ0n) is 20.9. The van der Waals surface area contributed by atoms with Gasteiger partial charge in [-0.1, -0.05) is 78.6 Å². The molecule has 37 heavy (non-hydrogen) atoms. The van der Waals surface area contributed by atoms with E-state index in [1.165, 1.54) is 89.7 Å². The van der Waals surface area contributed by atoms with Crippen LogP contribution in [0, 0.1) is 0 Å². The van der Waals surface area contributed by atoms with Crippen molar-refractivity contribution in [2.75, 3.05) is 0 Å². The summed E-state index contributed by atoms with van der Waals surface area (Å²) < 4.78 is 1.42. The molecule has 0 heterocycles. The summed E-state index contributed by atoms with van der Waals surface area (Å²) in [6, 6.07) is 38.9. The number of halogens is 2. The molecule has 0 bridgehead atoms. The Bertz CT molecular complexity index is 1480. The van der Waals surface area contributed by atoms with Crippen LogP contribution in [-0.4, -0.2) is 3.21 Å². The molecule has 0 atom stereocenters. The average molecular weight is 600 g/mol. The van der Waals surface area contributed by atoms with Crippen LogP contribution < -0.4 is 24.8 Å². The van der Waals surface area contributed by atoms with Crippen molar-refractivity contribution in [1.29, 1.82) is 0 Å². The van der Waals surface area contributed by atoms with Crippen LogP contribution in [0.3, 0.4) is 0 Å². The molecule has 0 spiro atoms. The molecule has 1 aliphatic carbocycles. The first-order valence-corrected chi connectivity index (χ1v) is 13.6. The molecule has 5 aromatic rings. The van der Waals surface area contributed by atoms with E-state index in [9.17, 15) is 0 Å². The molecule has 0 unspecified atom stereocenters. The van der Waals surface area contributed by atoms with E-state index in [-0.39, 0.29) is 24.8 Å². The molecule has 0 fully saturated rings. The van der Waals surface area contributed by atoms with Gasteiger partial charge in [0, 0.05) is 0 Å². The minimum absolute atomic E-state index is 0. The summed E-state index contributed by atoms with van der Waals surface area (Å²) in [7, 11) is 0. The number of hydrogen-bond donors (Lipinski definition) is 0. The van der Waals surface area contributed by atoms with Crippen molar-refractivity contribution >= 4 is 30.3 Å². The Morgan fingerprint density at radius 3 is 1.97 bits per heavy atom. The van der Waals surface area contributed by atoms with Crippen molar-refractivity contribution in [3.05, 3.63) is 144 Å². The Hall–Kier alpha value is -2.44. The zero-order chi connectivity index (χ0) is 24.0. The van der Waals surface area contributed by atoms with Crippen molar-refractivity contribution in [2.45, 2.75) is 26.2 Å². The van der Waals surface area contributed by atoms with Gasteiger partial charge in [0.05, 0.1) is 0 Å². The molecule has 0 saturated carbocycles. The van der Waals surface area contributed by atoms with Gasteiger partial charge < -0.3 is 24.8 Å². The third-order valence-electron chi connectivity index (χ3n) is 6.61. The Morgan fingerprint density at radius 2 is 1.32 bits per heavy atom. The fourth-order valence-electron chi connectivity index (χ4n) is 4.87.